The second kappa shape index (κ2) is 13.0. The smallest absolute Gasteiger partial charge is 0.323 e. The Morgan fingerprint density at radius 2 is 1.82 bits per heavy atom. The number of hydrogen-bond donors (Lipinski definition) is 2. The average Bonchev–Trinajstić information content (AvgIpc) is 2.97. The molecule has 208 valence electrons. The Morgan fingerprint density at radius 3 is 2.58 bits per heavy atom. The van der Waals surface area contributed by atoms with Crippen LogP contribution in [0.15, 0.2) is 72.8 Å². The summed E-state index contributed by atoms with van der Waals surface area (Å²) in [5, 5.41) is 15.1. The summed E-state index contributed by atoms with van der Waals surface area (Å²) in [6, 6.07) is 25.3. The van der Waals surface area contributed by atoms with Crippen molar-refractivity contribution in [1.82, 2.24) is 0 Å². The predicted molar refractivity (Wildman–Crippen MR) is 157 cm³/mol. The van der Waals surface area contributed by atoms with Crippen molar-refractivity contribution in [3.8, 4) is 11.8 Å². The highest BCUT2D eigenvalue weighted by atomic mass is 16.7. The molecule has 40 heavy (non-hydrogen) atoms. The molecule has 2 aliphatic rings. The van der Waals surface area contributed by atoms with Gasteiger partial charge in [-0.15, -0.1) is 0 Å². The van der Waals surface area contributed by atoms with Crippen molar-refractivity contribution in [1.29, 1.82) is 5.26 Å². The number of piperidine rings is 1. The van der Waals surface area contributed by atoms with Crippen LogP contribution >= 0.6 is 0 Å². The number of amides is 2. The van der Waals surface area contributed by atoms with E-state index in [2.05, 4.69) is 60.1 Å². The summed E-state index contributed by atoms with van der Waals surface area (Å²) >= 11 is 0. The standard InChI is InChI=1S/C33H38N4O3/c1-37(17-15-26(16-18-37)20-25-8-3-2-4-9-25)24-28-22-30(40-32-12-5-6-19-39-32)13-14-31(28)36-33(38)35-29-11-7-10-27(21-29)23-34/h2-4,7-11,13-14,21-22,26,32H,5-6,12,15-20,24H2,1H3,(H-,35,36,38)/p+1. The van der Waals surface area contributed by atoms with E-state index in [1.165, 1.54) is 18.4 Å². The molecule has 0 radical (unpaired) electrons. The zero-order chi connectivity index (χ0) is 27.8. The fraction of sp³-hybridized carbons (Fsp3) is 0.394. The van der Waals surface area contributed by atoms with Crippen molar-refractivity contribution in [2.24, 2.45) is 5.92 Å². The first-order valence-corrected chi connectivity index (χ1v) is 14.3. The number of hydrogen-bond acceptors (Lipinski definition) is 4. The topological polar surface area (TPSA) is 83.4 Å². The van der Waals surface area contributed by atoms with Crippen LogP contribution in [0.1, 0.15) is 48.8 Å². The van der Waals surface area contributed by atoms with Crippen LogP contribution in [0.2, 0.25) is 0 Å². The third-order valence-electron chi connectivity index (χ3n) is 8.05. The number of nitrogens with one attached hydrogen (secondary N) is 2. The van der Waals surface area contributed by atoms with Crippen molar-refractivity contribution in [3.63, 3.8) is 0 Å². The van der Waals surface area contributed by atoms with Gasteiger partial charge in [0.2, 0.25) is 0 Å². The number of ether oxygens (including phenoxy) is 2. The van der Waals surface area contributed by atoms with Gasteiger partial charge in [0, 0.05) is 17.7 Å². The lowest BCUT2D eigenvalue weighted by atomic mass is 9.89. The van der Waals surface area contributed by atoms with E-state index in [0.717, 1.165) is 73.4 Å². The summed E-state index contributed by atoms with van der Waals surface area (Å²) < 4.78 is 12.9. The maximum absolute atomic E-state index is 13.0. The molecular formula is C33H39N4O3+. The van der Waals surface area contributed by atoms with Crippen LogP contribution < -0.4 is 15.4 Å². The van der Waals surface area contributed by atoms with Crippen LogP contribution in [0.25, 0.3) is 0 Å². The van der Waals surface area contributed by atoms with Crippen molar-refractivity contribution >= 4 is 17.4 Å². The van der Waals surface area contributed by atoms with E-state index in [0.29, 0.717) is 17.2 Å². The molecule has 0 spiro atoms. The molecule has 7 heteroatoms. The van der Waals surface area contributed by atoms with Gasteiger partial charge in [0.1, 0.15) is 12.3 Å². The molecule has 2 aliphatic heterocycles. The summed E-state index contributed by atoms with van der Waals surface area (Å²) in [5.74, 6) is 1.46. The minimum absolute atomic E-state index is 0.227. The Hall–Kier alpha value is -3.86. The summed E-state index contributed by atoms with van der Waals surface area (Å²) in [6.45, 7) is 3.69. The number of nitriles is 1. The maximum Gasteiger partial charge on any atom is 0.323 e. The highest BCUT2D eigenvalue weighted by Crippen LogP contribution is 2.32. The van der Waals surface area contributed by atoms with Crippen LogP contribution in [0.4, 0.5) is 16.2 Å². The molecule has 3 aromatic rings. The molecule has 1 atom stereocenters. The van der Waals surface area contributed by atoms with Crippen LogP contribution in [0, 0.1) is 17.2 Å². The van der Waals surface area contributed by atoms with Gasteiger partial charge < -0.3 is 24.6 Å². The maximum atomic E-state index is 13.0. The Balaban J connectivity index is 1.29. The molecule has 0 bridgehead atoms. The van der Waals surface area contributed by atoms with E-state index in [9.17, 15) is 10.1 Å². The molecule has 5 rings (SSSR count). The number of anilines is 2. The van der Waals surface area contributed by atoms with Crippen LogP contribution in [-0.4, -0.2) is 43.5 Å². The largest absolute Gasteiger partial charge is 0.465 e. The molecule has 2 saturated heterocycles. The van der Waals surface area contributed by atoms with Gasteiger partial charge in [-0.1, -0.05) is 36.4 Å². The first-order valence-electron chi connectivity index (χ1n) is 14.3. The Labute approximate surface area is 237 Å². The number of nitrogens with zero attached hydrogens (tertiary/aromatic N) is 2. The number of rotatable bonds is 8. The van der Waals surface area contributed by atoms with Gasteiger partial charge in [0.25, 0.3) is 0 Å². The van der Waals surface area contributed by atoms with E-state index in [4.69, 9.17) is 9.47 Å². The van der Waals surface area contributed by atoms with Gasteiger partial charge in [0.05, 0.1) is 44.1 Å². The third kappa shape index (κ3) is 7.62. The molecule has 2 N–H and O–H groups in total. The SMILES string of the molecule is C[N+]1(Cc2cc(OC3CCCCO3)ccc2NC(=O)Nc2cccc(C#N)c2)CCC(Cc2ccccc2)CC1. The molecule has 7 nitrogen and oxygen atoms in total. The average molecular weight is 540 g/mol. The van der Waals surface area contributed by atoms with Gasteiger partial charge >= 0.3 is 6.03 Å². The van der Waals surface area contributed by atoms with Gasteiger partial charge in [-0.2, -0.15) is 5.26 Å². The van der Waals surface area contributed by atoms with Gasteiger partial charge in [-0.05, 0) is 80.0 Å². The van der Waals surface area contributed by atoms with Crippen molar-refractivity contribution in [2.45, 2.75) is 51.4 Å². The van der Waals surface area contributed by atoms with Crippen molar-refractivity contribution < 1.29 is 18.8 Å². The van der Waals surface area contributed by atoms with Crippen molar-refractivity contribution in [2.75, 3.05) is 37.4 Å². The van der Waals surface area contributed by atoms with E-state index in [1.54, 1.807) is 24.3 Å². The van der Waals surface area contributed by atoms with Crippen LogP contribution in [-0.2, 0) is 17.7 Å². The van der Waals surface area contributed by atoms with E-state index in [-0.39, 0.29) is 12.3 Å². The number of quaternary nitrogens is 1. The summed E-state index contributed by atoms with van der Waals surface area (Å²) in [4.78, 5) is 13.0. The van der Waals surface area contributed by atoms with E-state index >= 15 is 0 Å². The zero-order valence-corrected chi connectivity index (χ0v) is 23.3. The Bertz CT molecular complexity index is 1320. The number of urea groups is 1. The number of likely N-dealkylation sites (tertiary alicyclic amines) is 1. The molecule has 1 unspecified atom stereocenters. The van der Waals surface area contributed by atoms with Gasteiger partial charge in [-0.3, -0.25) is 0 Å². The number of carbonyl (C=O) groups excluding carboxylic acids is 1. The molecular weight excluding hydrogens is 500 g/mol. The van der Waals surface area contributed by atoms with Gasteiger partial charge in [0.15, 0.2) is 6.29 Å². The minimum Gasteiger partial charge on any atom is -0.465 e. The van der Waals surface area contributed by atoms with Crippen LogP contribution in [0.5, 0.6) is 5.75 Å². The zero-order valence-electron chi connectivity index (χ0n) is 23.3. The number of carbonyl (C=O) groups is 1. The summed E-state index contributed by atoms with van der Waals surface area (Å²) in [7, 11) is 2.31. The molecule has 0 aromatic heterocycles. The lowest BCUT2D eigenvalue weighted by molar-refractivity contribution is -0.928. The minimum atomic E-state index is -0.343. The Kier molecular flexibility index (Phi) is 9.00. The fourth-order valence-electron chi connectivity index (χ4n) is 5.77. The summed E-state index contributed by atoms with van der Waals surface area (Å²) in [5.41, 5.74) is 4.29. The highest BCUT2D eigenvalue weighted by Gasteiger charge is 2.31. The second-order valence-corrected chi connectivity index (χ2v) is 11.4. The fourth-order valence-corrected chi connectivity index (χ4v) is 5.77. The van der Waals surface area contributed by atoms with Gasteiger partial charge in [-0.25, -0.2) is 4.79 Å². The lowest BCUT2D eigenvalue weighted by Crippen LogP contribution is -2.49. The van der Waals surface area contributed by atoms with E-state index in [1.807, 2.05) is 12.1 Å². The molecule has 3 aromatic carbocycles. The first-order chi connectivity index (χ1) is 19.5. The first kappa shape index (κ1) is 27.7. The Morgan fingerprint density at radius 1 is 1.00 bits per heavy atom. The highest BCUT2D eigenvalue weighted by molar-refractivity contribution is 6.00. The quantitative estimate of drug-likeness (QED) is 0.312. The molecule has 2 heterocycles. The molecule has 2 amide bonds. The summed E-state index contributed by atoms with van der Waals surface area (Å²) in [6.07, 6.45) is 6.31. The molecule has 0 saturated carbocycles. The molecule has 2 fully saturated rings. The van der Waals surface area contributed by atoms with Crippen molar-refractivity contribution in [3.05, 3.63) is 89.5 Å². The number of benzene rings is 3. The predicted octanol–water partition coefficient (Wildman–Crippen LogP) is 6.71. The lowest BCUT2D eigenvalue weighted by Gasteiger charge is -2.41. The monoisotopic (exact) mass is 539 g/mol. The van der Waals surface area contributed by atoms with E-state index < -0.39 is 0 Å². The van der Waals surface area contributed by atoms with Crippen LogP contribution in [0.3, 0.4) is 0 Å². The normalized spacial score (nSPS) is 22.6. The third-order valence-corrected chi connectivity index (χ3v) is 8.05. The molecule has 0 aliphatic carbocycles. The second-order valence-electron chi connectivity index (χ2n) is 11.4.